The number of hydrogen-bond acceptors (Lipinski definition) is 3. The maximum Gasteiger partial charge on any atom is 0.244 e. The van der Waals surface area contributed by atoms with Crippen molar-refractivity contribution in [1.82, 2.24) is 5.32 Å². The SMILES string of the molecule is COc1ccc2ccc([C@H](CO)NC(=O)C=Cc3ccccc3C)cc2c1. The van der Waals surface area contributed by atoms with Crippen LogP contribution in [0.1, 0.15) is 22.7 Å². The predicted octanol–water partition coefficient (Wildman–Crippen LogP) is 4.02. The highest BCUT2D eigenvalue weighted by Crippen LogP contribution is 2.24. The summed E-state index contributed by atoms with van der Waals surface area (Å²) in [5, 5.41) is 14.7. The van der Waals surface area contributed by atoms with Crippen LogP contribution in [-0.4, -0.2) is 24.7 Å². The van der Waals surface area contributed by atoms with Gasteiger partial charge in [0.05, 0.1) is 19.8 Å². The highest BCUT2D eigenvalue weighted by Gasteiger charge is 2.13. The number of amides is 1. The number of aliphatic hydroxyl groups excluding tert-OH is 1. The lowest BCUT2D eigenvalue weighted by molar-refractivity contribution is -0.117. The van der Waals surface area contributed by atoms with Crippen molar-refractivity contribution in [2.45, 2.75) is 13.0 Å². The molecule has 4 heteroatoms. The van der Waals surface area contributed by atoms with E-state index in [-0.39, 0.29) is 12.5 Å². The fraction of sp³-hybridized carbons (Fsp3) is 0.174. The molecule has 0 saturated carbocycles. The molecule has 138 valence electrons. The Hall–Kier alpha value is -3.11. The number of carbonyl (C=O) groups excluding carboxylic acids is 1. The zero-order valence-corrected chi connectivity index (χ0v) is 15.5. The van der Waals surface area contributed by atoms with Crippen LogP contribution in [0.5, 0.6) is 5.75 Å². The molecule has 1 amide bonds. The van der Waals surface area contributed by atoms with Crippen molar-refractivity contribution in [1.29, 1.82) is 0 Å². The van der Waals surface area contributed by atoms with E-state index in [1.807, 2.05) is 67.6 Å². The van der Waals surface area contributed by atoms with Gasteiger partial charge in [0.2, 0.25) is 5.91 Å². The Bertz CT molecular complexity index is 978. The lowest BCUT2D eigenvalue weighted by Crippen LogP contribution is -2.29. The average molecular weight is 361 g/mol. The summed E-state index contributed by atoms with van der Waals surface area (Å²) in [5.41, 5.74) is 2.94. The van der Waals surface area contributed by atoms with E-state index >= 15 is 0 Å². The van der Waals surface area contributed by atoms with Gasteiger partial charge in [-0.15, -0.1) is 0 Å². The van der Waals surface area contributed by atoms with E-state index in [1.165, 1.54) is 6.08 Å². The van der Waals surface area contributed by atoms with E-state index in [4.69, 9.17) is 4.74 Å². The fourth-order valence-electron chi connectivity index (χ4n) is 2.98. The van der Waals surface area contributed by atoms with Gasteiger partial charge in [0.15, 0.2) is 0 Å². The Morgan fingerprint density at radius 3 is 2.63 bits per heavy atom. The molecule has 3 aromatic rings. The summed E-state index contributed by atoms with van der Waals surface area (Å²) in [4.78, 5) is 12.3. The van der Waals surface area contributed by atoms with Crippen LogP contribution in [0.4, 0.5) is 0 Å². The largest absolute Gasteiger partial charge is 0.497 e. The minimum Gasteiger partial charge on any atom is -0.497 e. The van der Waals surface area contributed by atoms with E-state index in [2.05, 4.69) is 5.32 Å². The minimum absolute atomic E-state index is 0.181. The van der Waals surface area contributed by atoms with E-state index < -0.39 is 6.04 Å². The van der Waals surface area contributed by atoms with Crippen molar-refractivity contribution in [3.05, 3.63) is 83.4 Å². The molecule has 3 aromatic carbocycles. The highest BCUT2D eigenvalue weighted by molar-refractivity contribution is 5.92. The molecule has 0 aliphatic rings. The first-order valence-corrected chi connectivity index (χ1v) is 8.83. The summed E-state index contributed by atoms with van der Waals surface area (Å²) in [6.45, 7) is 1.82. The Labute approximate surface area is 159 Å². The second kappa shape index (κ2) is 8.52. The first-order valence-electron chi connectivity index (χ1n) is 8.83. The molecule has 1 atom stereocenters. The lowest BCUT2D eigenvalue weighted by Gasteiger charge is -2.16. The van der Waals surface area contributed by atoms with Crippen molar-refractivity contribution < 1.29 is 14.6 Å². The molecule has 0 heterocycles. The number of nitrogens with one attached hydrogen (secondary N) is 1. The van der Waals surface area contributed by atoms with Gasteiger partial charge in [-0.2, -0.15) is 0 Å². The Morgan fingerprint density at radius 2 is 1.89 bits per heavy atom. The quantitative estimate of drug-likeness (QED) is 0.652. The molecule has 0 fully saturated rings. The van der Waals surface area contributed by atoms with Gasteiger partial charge in [-0.05, 0) is 58.7 Å². The molecule has 3 rings (SSSR count). The van der Waals surface area contributed by atoms with Crippen molar-refractivity contribution in [3.8, 4) is 5.75 Å². The maximum atomic E-state index is 12.3. The number of methoxy groups -OCH3 is 1. The van der Waals surface area contributed by atoms with Crippen molar-refractivity contribution in [2.75, 3.05) is 13.7 Å². The van der Waals surface area contributed by atoms with Crippen LogP contribution in [-0.2, 0) is 4.79 Å². The van der Waals surface area contributed by atoms with Gasteiger partial charge in [-0.3, -0.25) is 4.79 Å². The van der Waals surface area contributed by atoms with Crippen molar-refractivity contribution in [3.63, 3.8) is 0 Å². The van der Waals surface area contributed by atoms with Crippen molar-refractivity contribution in [2.24, 2.45) is 0 Å². The maximum absolute atomic E-state index is 12.3. The molecular formula is C23H23NO3. The third-order valence-electron chi connectivity index (χ3n) is 4.58. The van der Waals surface area contributed by atoms with E-state index in [1.54, 1.807) is 13.2 Å². The molecule has 0 unspecified atom stereocenters. The summed E-state index contributed by atoms with van der Waals surface area (Å²) in [7, 11) is 1.63. The molecule has 0 saturated heterocycles. The van der Waals surface area contributed by atoms with E-state index in [0.717, 1.165) is 33.2 Å². The third-order valence-corrected chi connectivity index (χ3v) is 4.58. The number of ether oxygens (including phenoxy) is 1. The standard InChI is InChI=1S/C23H23NO3/c1-16-5-3-4-6-17(16)10-12-23(26)24-22(15-25)19-8-7-18-9-11-21(27-2)14-20(18)13-19/h3-14,22,25H,15H2,1-2H3,(H,24,26)/t22-/m0/s1. The number of fused-ring (bicyclic) bond motifs is 1. The summed E-state index contributed by atoms with van der Waals surface area (Å²) < 4.78 is 5.27. The number of aliphatic hydroxyl groups is 1. The molecule has 0 radical (unpaired) electrons. The summed E-state index contributed by atoms with van der Waals surface area (Å²) in [6.07, 6.45) is 3.28. The Balaban J connectivity index is 1.77. The van der Waals surface area contributed by atoms with Gasteiger partial charge in [0.1, 0.15) is 5.75 Å². The molecule has 0 aromatic heterocycles. The topological polar surface area (TPSA) is 58.6 Å². The molecular weight excluding hydrogens is 338 g/mol. The smallest absolute Gasteiger partial charge is 0.244 e. The van der Waals surface area contributed by atoms with Gasteiger partial charge in [-0.25, -0.2) is 0 Å². The zero-order valence-electron chi connectivity index (χ0n) is 15.5. The van der Waals surface area contributed by atoms with E-state index in [0.29, 0.717) is 0 Å². The number of hydrogen-bond donors (Lipinski definition) is 2. The minimum atomic E-state index is -0.477. The molecule has 0 aliphatic heterocycles. The normalized spacial score (nSPS) is 12.3. The van der Waals surface area contributed by atoms with E-state index in [9.17, 15) is 9.90 Å². The Morgan fingerprint density at radius 1 is 1.11 bits per heavy atom. The van der Waals surface area contributed by atoms with Crippen molar-refractivity contribution >= 4 is 22.8 Å². The number of carbonyl (C=O) groups is 1. The van der Waals surface area contributed by atoms with Gasteiger partial charge in [0.25, 0.3) is 0 Å². The van der Waals surface area contributed by atoms with Gasteiger partial charge >= 0.3 is 0 Å². The number of rotatable bonds is 6. The van der Waals surface area contributed by atoms with Gasteiger partial charge in [-0.1, -0.05) is 42.5 Å². The second-order valence-corrected chi connectivity index (χ2v) is 6.41. The average Bonchev–Trinajstić information content (AvgIpc) is 2.70. The molecule has 27 heavy (non-hydrogen) atoms. The molecule has 4 nitrogen and oxygen atoms in total. The van der Waals surface area contributed by atoms with Crippen LogP contribution in [0.3, 0.4) is 0 Å². The van der Waals surface area contributed by atoms with Crippen LogP contribution >= 0.6 is 0 Å². The van der Waals surface area contributed by atoms with Gasteiger partial charge in [0, 0.05) is 6.08 Å². The molecule has 0 spiro atoms. The van der Waals surface area contributed by atoms with Crippen LogP contribution < -0.4 is 10.1 Å². The first kappa shape index (κ1) is 18.7. The van der Waals surface area contributed by atoms with Crippen LogP contribution in [0.2, 0.25) is 0 Å². The molecule has 0 bridgehead atoms. The van der Waals surface area contributed by atoms with Gasteiger partial charge < -0.3 is 15.2 Å². The molecule has 2 N–H and O–H groups in total. The van der Waals surface area contributed by atoms with Crippen LogP contribution in [0.25, 0.3) is 16.8 Å². The summed E-state index contributed by atoms with van der Waals surface area (Å²) >= 11 is 0. The zero-order chi connectivity index (χ0) is 19.2. The highest BCUT2D eigenvalue weighted by atomic mass is 16.5. The fourth-order valence-corrected chi connectivity index (χ4v) is 2.98. The third kappa shape index (κ3) is 4.54. The number of aryl methyl sites for hydroxylation is 1. The monoisotopic (exact) mass is 361 g/mol. The van der Waals surface area contributed by atoms with Crippen LogP contribution in [0, 0.1) is 6.92 Å². The molecule has 0 aliphatic carbocycles. The Kier molecular flexibility index (Phi) is 5.89. The van der Waals surface area contributed by atoms with Crippen LogP contribution in [0.15, 0.2) is 66.7 Å². The first-order chi connectivity index (χ1) is 13.1. The second-order valence-electron chi connectivity index (χ2n) is 6.41. The summed E-state index contributed by atoms with van der Waals surface area (Å²) in [6, 6.07) is 19.1. The predicted molar refractivity (Wildman–Crippen MR) is 109 cm³/mol. The summed E-state index contributed by atoms with van der Waals surface area (Å²) in [5.74, 6) is 0.522. The number of benzene rings is 3. The lowest BCUT2D eigenvalue weighted by atomic mass is 10.0.